The van der Waals surface area contributed by atoms with Gasteiger partial charge in [0.15, 0.2) is 0 Å². The highest BCUT2D eigenvalue weighted by Crippen LogP contribution is 2.34. The standard InChI is InChI=1S/C19H19ClN4/c1-13-6-7-16(22-11-13)12-24-8-4-5-18(24)15-9-14(2)19(23-21-3)17(20)10-15/h4-11H,12H2,1-3H3. The van der Waals surface area contributed by atoms with E-state index in [1.807, 2.05) is 32.2 Å². The predicted octanol–water partition coefficient (Wildman–Crippen LogP) is 5.58. The Balaban J connectivity index is 1.97. The Kier molecular flexibility index (Phi) is 4.76. The van der Waals surface area contributed by atoms with Crippen molar-refractivity contribution in [2.75, 3.05) is 7.05 Å². The molecule has 24 heavy (non-hydrogen) atoms. The van der Waals surface area contributed by atoms with Gasteiger partial charge in [-0.3, -0.25) is 4.98 Å². The normalized spacial score (nSPS) is 11.3. The van der Waals surface area contributed by atoms with E-state index in [-0.39, 0.29) is 0 Å². The second-order valence-corrected chi connectivity index (χ2v) is 6.18. The minimum atomic E-state index is 0.608. The Morgan fingerprint density at radius 2 is 2.00 bits per heavy atom. The zero-order valence-corrected chi connectivity index (χ0v) is 14.7. The topological polar surface area (TPSA) is 42.5 Å². The smallest absolute Gasteiger partial charge is 0.107 e. The van der Waals surface area contributed by atoms with E-state index in [1.165, 1.54) is 0 Å². The first kappa shape index (κ1) is 16.4. The van der Waals surface area contributed by atoms with Gasteiger partial charge in [0, 0.05) is 30.7 Å². The molecular weight excluding hydrogens is 320 g/mol. The molecule has 122 valence electrons. The van der Waals surface area contributed by atoms with Gasteiger partial charge >= 0.3 is 0 Å². The predicted molar refractivity (Wildman–Crippen MR) is 98.1 cm³/mol. The number of aryl methyl sites for hydroxylation is 2. The number of hydrogen-bond acceptors (Lipinski definition) is 3. The summed E-state index contributed by atoms with van der Waals surface area (Å²) in [6, 6.07) is 12.3. The molecule has 0 aliphatic rings. The van der Waals surface area contributed by atoms with Crippen molar-refractivity contribution < 1.29 is 0 Å². The van der Waals surface area contributed by atoms with Crippen LogP contribution in [0.3, 0.4) is 0 Å². The molecule has 1 aromatic carbocycles. The van der Waals surface area contributed by atoms with Crippen LogP contribution in [0.4, 0.5) is 5.69 Å². The number of azo groups is 1. The summed E-state index contributed by atoms with van der Waals surface area (Å²) < 4.78 is 2.17. The zero-order chi connectivity index (χ0) is 17.1. The van der Waals surface area contributed by atoms with Gasteiger partial charge in [0.25, 0.3) is 0 Å². The molecule has 0 aliphatic carbocycles. The SMILES string of the molecule is CN=Nc1c(C)cc(-c2cccn2Cc2ccc(C)cn2)cc1Cl. The van der Waals surface area contributed by atoms with Gasteiger partial charge in [0.05, 0.1) is 17.3 Å². The van der Waals surface area contributed by atoms with Crippen LogP contribution in [-0.4, -0.2) is 16.6 Å². The minimum absolute atomic E-state index is 0.608. The minimum Gasteiger partial charge on any atom is -0.341 e. The number of pyridine rings is 1. The molecule has 0 unspecified atom stereocenters. The van der Waals surface area contributed by atoms with Crippen molar-refractivity contribution in [1.82, 2.24) is 9.55 Å². The maximum atomic E-state index is 6.38. The number of aromatic nitrogens is 2. The van der Waals surface area contributed by atoms with Crippen molar-refractivity contribution in [1.29, 1.82) is 0 Å². The first-order valence-electron chi connectivity index (χ1n) is 7.75. The fourth-order valence-corrected chi connectivity index (χ4v) is 3.00. The number of halogens is 1. The fourth-order valence-electron chi connectivity index (χ4n) is 2.69. The van der Waals surface area contributed by atoms with Crippen molar-refractivity contribution in [3.05, 3.63) is 70.6 Å². The zero-order valence-electron chi connectivity index (χ0n) is 14.0. The largest absolute Gasteiger partial charge is 0.341 e. The lowest BCUT2D eigenvalue weighted by Crippen LogP contribution is -2.02. The Bertz CT molecular complexity index is 856. The van der Waals surface area contributed by atoms with Crippen LogP contribution in [0, 0.1) is 13.8 Å². The van der Waals surface area contributed by atoms with E-state index in [9.17, 15) is 0 Å². The Morgan fingerprint density at radius 3 is 2.67 bits per heavy atom. The molecule has 0 saturated heterocycles. The molecule has 0 atom stereocenters. The van der Waals surface area contributed by atoms with Crippen LogP contribution in [0.1, 0.15) is 16.8 Å². The van der Waals surface area contributed by atoms with Gasteiger partial charge in [-0.25, -0.2) is 0 Å². The molecule has 3 aromatic rings. The molecule has 3 rings (SSSR count). The highest BCUT2D eigenvalue weighted by Gasteiger charge is 2.11. The second-order valence-electron chi connectivity index (χ2n) is 5.77. The lowest BCUT2D eigenvalue weighted by atomic mass is 10.1. The van der Waals surface area contributed by atoms with E-state index in [4.69, 9.17) is 11.6 Å². The van der Waals surface area contributed by atoms with Crippen LogP contribution in [-0.2, 0) is 6.54 Å². The van der Waals surface area contributed by atoms with E-state index in [2.05, 4.69) is 50.2 Å². The van der Waals surface area contributed by atoms with E-state index in [0.29, 0.717) is 5.02 Å². The Labute approximate surface area is 146 Å². The molecule has 5 heteroatoms. The Morgan fingerprint density at radius 1 is 1.17 bits per heavy atom. The summed E-state index contributed by atoms with van der Waals surface area (Å²) in [5.74, 6) is 0. The molecule has 0 fully saturated rings. The number of rotatable bonds is 4. The van der Waals surface area contributed by atoms with Crippen molar-refractivity contribution in [3.8, 4) is 11.3 Å². The third-order valence-corrected chi connectivity index (χ3v) is 4.17. The van der Waals surface area contributed by atoms with E-state index in [1.54, 1.807) is 7.05 Å². The van der Waals surface area contributed by atoms with Crippen LogP contribution >= 0.6 is 11.6 Å². The highest BCUT2D eigenvalue weighted by molar-refractivity contribution is 6.33. The van der Waals surface area contributed by atoms with Gasteiger partial charge in [0.1, 0.15) is 5.69 Å². The van der Waals surface area contributed by atoms with E-state index in [0.717, 1.165) is 40.3 Å². The number of benzene rings is 1. The van der Waals surface area contributed by atoms with Crippen LogP contribution < -0.4 is 0 Å². The molecule has 2 heterocycles. The second kappa shape index (κ2) is 6.97. The third-order valence-electron chi connectivity index (χ3n) is 3.88. The lowest BCUT2D eigenvalue weighted by Gasteiger charge is -2.12. The lowest BCUT2D eigenvalue weighted by molar-refractivity contribution is 0.787. The molecule has 0 saturated carbocycles. The van der Waals surface area contributed by atoms with Gasteiger partial charge in [-0.2, -0.15) is 10.2 Å². The maximum Gasteiger partial charge on any atom is 0.107 e. The van der Waals surface area contributed by atoms with Crippen LogP contribution in [0.25, 0.3) is 11.3 Å². The highest BCUT2D eigenvalue weighted by atomic mass is 35.5. The van der Waals surface area contributed by atoms with Gasteiger partial charge in [-0.05, 0) is 55.3 Å². The summed E-state index contributed by atoms with van der Waals surface area (Å²) >= 11 is 6.38. The summed E-state index contributed by atoms with van der Waals surface area (Å²) in [6.45, 7) is 4.75. The molecule has 4 nitrogen and oxygen atoms in total. The quantitative estimate of drug-likeness (QED) is 0.572. The first-order valence-corrected chi connectivity index (χ1v) is 8.13. The summed E-state index contributed by atoms with van der Waals surface area (Å²) in [5, 5.41) is 8.54. The van der Waals surface area contributed by atoms with Gasteiger partial charge in [-0.1, -0.05) is 17.7 Å². The molecular formula is C19H19ClN4. The van der Waals surface area contributed by atoms with Crippen LogP contribution in [0.5, 0.6) is 0 Å². The summed E-state index contributed by atoms with van der Waals surface area (Å²) in [7, 11) is 1.64. The maximum absolute atomic E-state index is 6.38. The molecule has 0 N–H and O–H groups in total. The Hall–Kier alpha value is -2.46. The fraction of sp³-hybridized carbons (Fsp3) is 0.211. The summed E-state index contributed by atoms with van der Waals surface area (Å²) in [5.41, 5.74) is 6.07. The van der Waals surface area contributed by atoms with Gasteiger partial charge in [-0.15, -0.1) is 0 Å². The van der Waals surface area contributed by atoms with Crippen LogP contribution in [0.15, 0.2) is 59.0 Å². The molecule has 0 amide bonds. The monoisotopic (exact) mass is 338 g/mol. The van der Waals surface area contributed by atoms with Crippen molar-refractivity contribution >= 4 is 17.3 Å². The molecule has 0 bridgehead atoms. The van der Waals surface area contributed by atoms with Gasteiger partial charge in [0.2, 0.25) is 0 Å². The molecule has 2 aromatic heterocycles. The molecule has 0 radical (unpaired) electrons. The third kappa shape index (κ3) is 3.39. The average Bonchev–Trinajstić information content (AvgIpc) is 3.01. The molecule has 0 aliphatic heterocycles. The summed E-state index contributed by atoms with van der Waals surface area (Å²) in [6.07, 6.45) is 3.95. The van der Waals surface area contributed by atoms with Crippen molar-refractivity contribution in [2.24, 2.45) is 10.2 Å². The van der Waals surface area contributed by atoms with Crippen molar-refractivity contribution in [2.45, 2.75) is 20.4 Å². The molecule has 0 spiro atoms. The van der Waals surface area contributed by atoms with E-state index < -0.39 is 0 Å². The van der Waals surface area contributed by atoms with Gasteiger partial charge < -0.3 is 4.57 Å². The number of nitrogens with zero attached hydrogens (tertiary/aromatic N) is 4. The van der Waals surface area contributed by atoms with Crippen LogP contribution in [0.2, 0.25) is 5.02 Å². The van der Waals surface area contributed by atoms with Crippen molar-refractivity contribution in [3.63, 3.8) is 0 Å². The number of hydrogen-bond donors (Lipinski definition) is 0. The summed E-state index contributed by atoms with van der Waals surface area (Å²) in [4.78, 5) is 4.49. The first-order chi connectivity index (χ1) is 11.6. The van der Waals surface area contributed by atoms with E-state index >= 15 is 0 Å². The average molecular weight is 339 g/mol.